The minimum Gasteiger partial charge on any atom is -0.330 e. The first-order valence-electron chi connectivity index (χ1n) is 7.37. The largest absolute Gasteiger partial charge is 0.330 e. The quantitative estimate of drug-likeness (QED) is 0.593. The van der Waals surface area contributed by atoms with Crippen LogP contribution in [0, 0.1) is 5.41 Å². The van der Waals surface area contributed by atoms with E-state index in [1.807, 2.05) is 0 Å². The lowest BCUT2D eigenvalue weighted by Gasteiger charge is -2.29. The van der Waals surface area contributed by atoms with Gasteiger partial charge in [0.05, 0.1) is 0 Å². The fourth-order valence-corrected chi connectivity index (χ4v) is 2.06. The highest BCUT2D eigenvalue weighted by atomic mass is 15.1. The Morgan fingerprint density at radius 3 is 2.12 bits per heavy atom. The lowest BCUT2D eigenvalue weighted by molar-refractivity contribution is 0.199. The summed E-state index contributed by atoms with van der Waals surface area (Å²) in [6, 6.07) is 0.674. The van der Waals surface area contributed by atoms with Gasteiger partial charge in [0, 0.05) is 6.04 Å². The van der Waals surface area contributed by atoms with Crippen molar-refractivity contribution in [1.82, 2.24) is 4.90 Å². The summed E-state index contributed by atoms with van der Waals surface area (Å²) in [5.74, 6) is 0. The molecule has 2 N–H and O–H groups in total. The highest BCUT2D eigenvalue weighted by Gasteiger charge is 2.16. The zero-order valence-electron chi connectivity index (χ0n) is 12.8. The zero-order valence-corrected chi connectivity index (χ0v) is 12.8. The number of nitrogens with zero attached hydrogens (tertiary/aromatic N) is 1. The van der Waals surface area contributed by atoms with Gasteiger partial charge >= 0.3 is 0 Å². The molecule has 0 aliphatic heterocycles. The van der Waals surface area contributed by atoms with E-state index in [-0.39, 0.29) is 0 Å². The molecule has 0 saturated carbocycles. The topological polar surface area (TPSA) is 29.3 Å². The molecule has 0 spiro atoms. The first-order chi connectivity index (χ1) is 7.93. The van der Waals surface area contributed by atoms with Gasteiger partial charge in [0.25, 0.3) is 0 Å². The molecule has 0 aromatic carbocycles. The molecule has 0 bridgehead atoms. The molecule has 0 unspecified atom stereocenters. The molecule has 2 nitrogen and oxygen atoms in total. The maximum Gasteiger partial charge on any atom is 0.00385 e. The molecule has 0 aliphatic rings. The first-order valence-corrected chi connectivity index (χ1v) is 7.37. The van der Waals surface area contributed by atoms with Crippen LogP contribution in [0.5, 0.6) is 0 Å². The highest BCUT2D eigenvalue weighted by Crippen LogP contribution is 2.20. The molecule has 0 aliphatic carbocycles. The summed E-state index contributed by atoms with van der Waals surface area (Å²) in [6.07, 6.45) is 6.52. The average molecular weight is 242 g/mol. The van der Waals surface area contributed by atoms with Gasteiger partial charge in [0.15, 0.2) is 0 Å². The van der Waals surface area contributed by atoms with Gasteiger partial charge in [0.1, 0.15) is 0 Å². The monoisotopic (exact) mass is 242 g/mol. The standard InChI is InChI=1S/C15H34N2/c1-6-7-8-11-17(14(2)3)12-9-10-15(4,5)13-16/h14H,6-13,16H2,1-5H3. The minimum atomic E-state index is 0.312. The average Bonchev–Trinajstić information content (AvgIpc) is 2.27. The van der Waals surface area contributed by atoms with Gasteiger partial charge in [-0.1, -0.05) is 33.6 Å². The van der Waals surface area contributed by atoms with Gasteiger partial charge in [0.2, 0.25) is 0 Å². The smallest absolute Gasteiger partial charge is 0.00385 e. The molecule has 2 heteroatoms. The van der Waals surface area contributed by atoms with Crippen LogP contribution in [0.4, 0.5) is 0 Å². The molecule has 104 valence electrons. The maximum absolute atomic E-state index is 5.77. The Bertz CT molecular complexity index is 176. The van der Waals surface area contributed by atoms with Gasteiger partial charge in [-0.05, 0) is 58.2 Å². The summed E-state index contributed by atoms with van der Waals surface area (Å²) in [5.41, 5.74) is 6.08. The van der Waals surface area contributed by atoms with E-state index in [4.69, 9.17) is 5.73 Å². The number of hydrogen-bond donors (Lipinski definition) is 1. The second-order valence-electron chi connectivity index (χ2n) is 6.31. The fourth-order valence-electron chi connectivity index (χ4n) is 2.06. The number of hydrogen-bond acceptors (Lipinski definition) is 2. The van der Waals surface area contributed by atoms with Crippen LogP contribution >= 0.6 is 0 Å². The first kappa shape index (κ1) is 16.9. The molecule has 0 amide bonds. The maximum atomic E-state index is 5.77. The van der Waals surface area contributed by atoms with Crippen LogP contribution in [0.25, 0.3) is 0 Å². The van der Waals surface area contributed by atoms with Crippen molar-refractivity contribution in [2.75, 3.05) is 19.6 Å². The third-order valence-electron chi connectivity index (χ3n) is 3.63. The van der Waals surface area contributed by atoms with E-state index in [9.17, 15) is 0 Å². The number of nitrogens with two attached hydrogens (primary N) is 1. The molecule has 0 aromatic rings. The lowest BCUT2D eigenvalue weighted by Crippen LogP contribution is -2.34. The van der Waals surface area contributed by atoms with Crippen LogP contribution < -0.4 is 5.73 Å². The van der Waals surface area contributed by atoms with Crippen molar-refractivity contribution in [3.8, 4) is 0 Å². The van der Waals surface area contributed by atoms with Crippen LogP contribution in [-0.4, -0.2) is 30.6 Å². The predicted molar refractivity (Wildman–Crippen MR) is 78.3 cm³/mol. The van der Waals surface area contributed by atoms with E-state index >= 15 is 0 Å². The second kappa shape index (κ2) is 8.93. The highest BCUT2D eigenvalue weighted by molar-refractivity contribution is 4.71. The third kappa shape index (κ3) is 8.62. The van der Waals surface area contributed by atoms with Gasteiger partial charge in [-0.15, -0.1) is 0 Å². The Morgan fingerprint density at radius 1 is 1.06 bits per heavy atom. The van der Waals surface area contributed by atoms with E-state index in [1.165, 1.54) is 45.2 Å². The van der Waals surface area contributed by atoms with Crippen molar-refractivity contribution in [2.45, 2.75) is 72.8 Å². The summed E-state index contributed by atoms with van der Waals surface area (Å²) in [7, 11) is 0. The summed E-state index contributed by atoms with van der Waals surface area (Å²) in [6.45, 7) is 14.7. The molecule has 0 fully saturated rings. The van der Waals surface area contributed by atoms with E-state index < -0.39 is 0 Å². The molecule has 0 aromatic heterocycles. The molecule has 0 rings (SSSR count). The van der Waals surface area contributed by atoms with E-state index in [1.54, 1.807) is 0 Å². The predicted octanol–water partition coefficient (Wildman–Crippen LogP) is 3.65. The van der Waals surface area contributed by atoms with Gasteiger partial charge in [-0.2, -0.15) is 0 Å². The van der Waals surface area contributed by atoms with Crippen molar-refractivity contribution in [2.24, 2.45) is 11.1 Å². The fraction of sp³-hybridized carbons (Fsp3) is 1.00. The summed E-state index contributed by atoms with van der Waals surface area (Å²) >= 11 is 0. The van der Waals surface area contributed by atoms with Crippen LogP contribution in [0.3, 0.4) is 0 Å². The summed E-state index contributed by atoms with van der Waals surface area (Å²) in [4.78, 5) is 2.61. The molecular weight excluding hydrogens is 208 g/mol. The molecule has 0 heterocycles. The second-order valence-corrected chi connectivity index (χ2v) is 6.31. The van der Waals surface area contributed by atoms with Crippen LogP contribution in [0.1, 0.15) is 66.7 Å². The van der Waals surface area contributed by atoms with Gasteiger partial charge < -0.3 is 10.6 Å². The normalized spacial score (nSPS) is 12.7. The Morgan fingerprint density at radius 2 is 1.65 bits per heavy atom. The van der Waals surface area contributed by atoms with Crippen LogP contribution in [0.2, 0.25) is 0 Å². The number of unbranched alkanes of at least 4 members (excludes halogenated alkanes) is 2. The third-order valence-corrected chi connectivity index (χ3v) is 3.63. The SMILES string of the molecule is CCCCCN(CCCC(C)(C)CN)C(C)C. The lowest BCUT2D eigenvalue weighted by atomic mass is 9.88. The van der Waals surface area contributed by atoms with E-state index in [0.717, 1.165) is 6.54 Å². The molecule has 0 atom stereocenters. The van der Waals surface area contributed by atoms with E-state index in [0.29, 0.717) is 11.5 Å². The van der Waals surface area contributed by atoms with Gasteiger partial charge in [-0.25, -0.2) is 0 Å². The van der Waals surface area contributed by atoms with Crippen molar-refractivity contribution < 1.29 is 0 Å². The van der Waals surface area contributed by atoms with E-state index in [2.05, 4.69) is 39.5 Å². The Labute approximate surface area is 109 Å². The molecule has 0 saturated heterocycles. The van der Waals surface area contributed by atoms with Gasteiger partial charge in [-0.3, -0.25) is 0 Å². The molecule has 17 heavy (non-hydrogen) atoms. The summed E-state index contributed by atoms with van der Waals surface area (Å²) < 4.78 is 0. The van der Waals surface area contributed by atoms with Crippen molar-refractivity contribution in [1.29, 1.82) is 0 Å². The van der Waals surface area contributed by atoms with Crippen LogP contribution in [0.15, 0.2) is 0 Å². The van der Waals surface area contributed by atoms with Crippen molar-refractivity contribution >= 4 is 0 Å². The van der Waals surface area contributed by atoms with Crippen molar-refractivity contribution in [3.63, 3.8) is 0 Å². The molecule has 0 radical (unpaired) electrons. The Hall–Kier alpha value is -0.0800. The van der Waals surface area contributed by atoms with Crippen LogP contribution in [-0.2, 0) is 0 Å². The Kier molecular flexibility index (Phi) is 8.89. The number of rotatable bonds is 10. The summed E-state index contributed by atoms with van der Waals surface area (Å²) in [5, 5.41) is 0. The molecular formula is C15H34N2. The van der Waals surface area contributed by atoms with Crippen molar-refractivity contribution in [3.05, 3.63) is 0 Å². The minimum absolute atomic E-state index is 0.312. The Balaban J connectivity index is 3.85. The zero-order chi connectivity index (χ0) is 13.3.